The van der Waals surface area contributed by atoms with E-state index < -0.39 is 46.9 Å². The average molecular weight is 717 g/mol. The molecule has 3 aliphatic heterocycles. The van der Waals surface area contributed by atoms with E-state index in [9.17, 15) is 33.9 Å². The first-order valence-electron chi connectivity index (χ1n) is 17.1. The normalized spacial score (nSPS) is 25.2. The summed E-state index contributed by atoms with van der Waals surface area (Å²) in [6, 6.07) is 12.1. The molecule has 0 aromatic heterocycles. The molecule has 0 saturated carbocycles. The molecule has 1 N–H and O–H groups in total. The summed E-state index contributed by atoms with van der Waals surface area (Å²) < 4.78 is 17.0. The van der Waals surface area contributed by atoms with E-state index in [1.807, 2.05) is 38.1 Å². The zero-order valence-corrected chi connectivity index (χ0v) is 29.2. The highest BCUT2D eigenvalue weighted by atomic mass is 32.2. The van der Waals surface area contributed by atoms with Crippen molar-refractivity contribution in [2.75, 3.05) is 26.3 Å². The molecule has 1 saturated heterocycles. The van der Waals surface area contributed by atoms with Crippen LogP contribution in [0.25, 0.3) is 0 Å². The predicted molar refractivity (Wildman–Crippen MR) is 185 cm³/mol. The van der Waals surface area contributed by atoms with Gasteiger partial charge in [0.2, 0.25) is 11.8 Å². The van der Waals surface area contributed by atoms with Crippen LogP contribution in [0.3, 0.4) is 0 Å². The van der Waals surface area contributed by atoms with Crippen molar-refractivity contribution in [3.63, 3.8) is 0 Å². The van der Waals surface area contributed by atoms with Crippen molar-refractivity contribution >= 4 is 47.3 Å². The topological polar surface area (TPSA) is 157 Å². The number of aliphatic hydroxyl groups excluding tert-OH is 1. The number of benzene rings is 2. The zero-order valence-electron chi connectivity index (χ0n) is 28.4. The van der Waals surface area contributed by atoms with E-state index in [-0.39, 0.29) is 49.3 Å². The third-order valence-corrected chi connectivity index (χ3v) is 11.2. The van der Waals surface area contributed by atoms with Gasteiger partial charge in [-0.05, 0) is 48.1 Å². The number of hydrogen-bond acceptors (Lipinski definition) is 11. The molecule has 51 heavy (non-hydrogen) atoms. The molecule has 2 aromatic rings. The van der Waals surface area contributed by atoms with Gasteiger partial charge in [-0.3, -0.25) is 33.8 Å². The molecule has 1 aliphatic carbocycles. The Morgan fingerprint density at radius 1 is 0.922 bits per heavy atom. The molecule has 268 valence electrons. The van der Waals surface area contributed by atoms with Crippen molar-refractivity contribution in [3.8, 4) is 5.75 Å². The molecule has 12 nitrogen and oxygen atoms in total. The minimum atomic E-state index is -1.16. The number of ether oxygens (including phenoxy) is 3. The summed E-state index contributed by atoms with van der Waals surface area (Å²) in [6.07, 6.45) is 6.89. The Morgan fingerprint density at radius 3 is 2.39 bits per heavy atom. The summed E-state index contributed by atoms with van der Waals surface area (Å²) in [6.45, 7) is 4.29. The van der Waals surface area contributed by atoms with Crippen LogP contribution in [0, 0.1) is 17.8 Å². The molecule has 0 radical (unpaired) electrons. The van der Waals surface area contributed by atoms with Gasteiger partial charge < -0.3 is 19.3 Å². The van der Waals surface area contributed by atoms with Gasteiger partial charge in [0, 0.05) is 24.3 Å². The fourth-order valence-corrected chi connectivity index (χ4v) is 8.02. The van der Waals surface area contributed by atoms with Gasteiger partial charge in [0.1, 0.15) is 30.8 Å². The number of carbonyl (C=O) groups excluding carboxylic acids is 6. The standard InChI is InChI=1S/C38H40N2O10S/c1-3-4-16-40-35(44)27-19-25-6-5-7-28(31(25)33(43)32(27)36(40)45)49-20-23-9-11-24(12-10-23)37(46)50-21-26-13-8-22(2)34(51-26)38(47)48-18-17-39-29(41)14-15-30(39)42/h5-15,22,26-27,32-34,43H,3-4,16-21H2,1-2H3. The Morgan fingerprint density at radius 2 is 1.67 bits per heavy atom. The second-order valence-electron chi connectivity index (χ2n) is 13.0. The van der Waals surface area contributed by atoms with E-state index in [1.54, 1.807) is 30.3 Å². The first-order chi connectivity index (χ1) is 24.6. The minimum absolute atomic E-state index is 0.0222. The fraction of sp³-hybridized carbons (Fsp3) is 0.421. The summed E-state index contributed by atoms with van der Waals surface area (Å²) >= 11 is 1.32. The van der Waals surface area contributed by atoms with Gasteiger partial charge in [-0.2, -0.15) is 0 Å². The molecule has 0 spiro atoms. The van der Waals surface area contributed by atoms with E-state index in [0.29, 0.717) is 29.8 Å². The molecule has 6 rings (SSSR count). The quantitative estimate of drug-likeness (QED) is 0.184. The Balaban J connectivity index is 0.992. The lowest BCUT2D eigenvalue weighted by Crippen LogP contribution is -2.36. The number of likely N-dealkylation sites (tertiary alicyclic amines) is 1. The van der Waals surface area contributed by atoms with Gasteiger partial charge in [0.15, 0.2) is 0 Å². The number of nitrogens with zero attached hydrogens (tertiary/aromatic N) is 2. The Hall–Kier alpha value is -4.75. The van der Waals surface area contributed by atoms with E-state index >= 15 is 0 Å². The molecule has 4 aliphatic rings. The largest absolute Gasteiger partial charge is 0.489 e. The maximum atomic E-state index is 13.2. The van der Waals surface area contributed by atoms with Crippen LogP contribution in [0.4, 0.5) is 0 Å². The number of allylic oxidation sites excluding steroid dienone is 1. The number of imide groups is 2. The molecule has 6 atom stereocenters. The molecular formula is C38H40N2O10S. The van der Waals surface area contributed by atoms with Crippen molar-refractivity contribution in [1.29, 1.82) is 0 Å². The van der Waals surface area contributed by atoms with Crippen LogP contribution < -0.4 is 4.74 Å². The lowest BCUT2D eigenvalue weighted by atomic mass is 9.75. The van der Waals surface area contributed by atoms with Crippen molar-refractivity contribution < 1.29 is 48.1 Å². The second kappa shape index (κ2) is 15.6. The van der Waals surface area contributed by atoms with E-state index in [2.05, 4.69) is 0 Å². The van der Waals surface area contributed by atoms with Crippen molar-refractivity contribution in [2.24, 2.45) is 17.8 Å². The molecule has 6 unspecified atom stereocenters. The monoisotopic (exact) mass is 716 g/mol. The summed E-state index contributed by atoms with van der Waals surface area (Å²) in [5.41, 5.74) is 2.42. The molecular weight excluding hydrogens is 676 g/mol. The smallest absolute Gasteiger partial charge is 0.338 e. The number of aliphatic hydroxyl groups is 1. The number of hydrogen-bond donors (Lipinski definition) is 1. The van der Waals surface area contributed by atoms with Crippen molar-refractivity contribution in [2.45, 2.75) is 56.3 Å². The van der Waals surface area contributed by atoms with Crippen molar-refractivity contribution in [1.82, 2.24) is 9.80 Å². The number of esters is 2. The Labute approximate surface area is 299 Å². The van der Waals surface area contributed by atoms with E-state index in [4.69, 9.17) is 14.2 Å². The molecule has 13 heteroatoms. The van der Waals surface area contributed by atoms with E-state index in [1.165, 1.54) is 28.8 Å². The maximum absolute atomic E-state index is 13.2. The number of amides is 4. The van der Waals surface area contributed by atoms with Crippen LogP contribution in [-0.4, -0.2) is 87.3 Å². The SMILES string of the molecule is CCCCN1C(=O)C2Cc3cccc(OCc4ccc(C(=O)OCC5C=CC(C)C(C(=O)OCCN6C(=O)C=CC6=O)S5)cc4)c3C(O)C2C1=O. The average Bonchev–Trinajstić information content (AvgIpc) is 3.58. The molecule has 2 aromatic carbocycles. The summed E-state index contributed by atoms with van der Waals surface area (Å²) in [5, 5.41) is 10.5. The number of carbonyl (C=O) groups is 6. The van der Waals surface area contributed by atoms with Crippen LogP contribution >= 0.6 is 11.8 Å². The molecule has 3 heterocycles. The first-order valence-corrected chi connectivity index (χ1v) is 18.1. The lowest BCUT2D eigenvalue weighted by molar-refractivity contribution is -0.147. The second-order valence-corrected chi connectivity index (χ2v) is 14.4. The van der Waals surface area contributed by atoms with Gasteiger partial charge in [0.05, 0.1) is 35.3 Å². The van der Waals surface area contributed by atoms with Gasteiger partial charge in [0.25, 0.3) is 11.8 Å². The third-order valence-electron chi connectivity index (χ3n) is 9.62. The van der Waals surface area contributed by atoms with Crippen LogP contribution in [0.5, 0.6) is 5.75 Å². The zero-order chi connectivity index (χ0) is 36.2. The first kappa shape index (κ1) is 36.1. The highest BCUT2D eigenvalue weighted by Gasteiger charge is 2.54. The van der Waals surface area contributed by atoms with Gasteiger partial charge in [-0.25, -0.2) is 4.79 Å². The minimum Gasteiger partial charge on any atom is -0.489 e. The van der Waals surface area contributed by atoms with Crippen LogP contribution in [0.1, 0.15) is 59.8 Å². The lowest BCUT2D eigenvalue weighted by Gasteiger charge is -2.30. The Bertz CT molecular complexity index is 1750. The predicted octanol–water partition coefficient (Wildman–Crippen LogP) is 3.56. The molecule has 0 bridgehead atoms. The van der Waals surface area contributed by atoms with Gasteiger partial charge in [-0.15, -0.1) is 11.8 Å². The van der Waals surface area contributed by atoms with Crippen LogP contribution in [-0.2, 0) is 46.5 Å². The number of unbranched alkanes of at least 4 members (excludes halogenated alkanes) is 1. The van der Waals surface area contributed by atoms with Gasteiger partial charge in [-0.1, -0.05) is 56.7 Å². The van der Waals surface area contributed by atoms with Crippen LogP contribution in [0.2, 0.25) is 0 Å². The number of fused-ring (bicyclic) bond motifs is 2. The number of thioether (sulfide) groups is 1. The summed E-state index contributed by atoms with van der Waals surface area (Å²) in [4.78, 5) is 77.6. The van der Waals surface area contributed by atoms with Crippen molar-refractivity contribution in [3.05, 3.63) is 89.0 Å². The third kappa shape index (κ3) is 7.64. The maximum Gasteiger partial charge on any atom is 0.338 e. The molecule has 4 amide bonds. The van der Waals surface area contributed by atoms with Crippen LogP contribution in [0.15, 0.2) is 66.8 Å². The Kier molecular flexibility index (Phi) is 11.1. The van der Waals surface area contributed by atoms with E-state index in [0.717, 1.165) is 28.9 Å². The van der Waals surface area contributed by atoms with Gasteiger partial charge >= 0.3 is 11.9 Å². The summed E-state index contributed by atoms with van der Waals surface area (Å²) in [7, 11) is 0. The molecule has 1 fully saturated rings. The highest BCUT2D eigenvalue weighted by Crippen LogP contribution is 2.47. The highest BCUT2D eigenvalue weighted by molar-refractivity contribution is 8.01. The fourth-order valence-electron chi connectivity index (χ4n) is 6.80. The summed E-state index contributed by atoms with van der Waals surface area (Å²) in [5.74, 6) is -3.51. The number of rotatable bonds is 13.